The highest BCUT2D eigenvalue weighted by Crippen LogP contribution is 2.22. The zero-order chi connectivity index (χ0) is 22.7. The molecule has 0 aromatic heterocycles. The second-order valence-corrected chi connectivity index (χ2v) is 9.89. The monoisotopic (exact) mass is 440 g/mol. The highest BCUT2D eigenvalue weighted by Gasteiger charge is 2.25. The summed E-state index contributed by atoms with van der Waals surface area (Å²) in [5.74, 6) is 0. The van der Waals surface area contributed by atoms with Crippen molar-refractivity contribution in [2.24, 2.45) is 0 Å². The van der Waals surface area contributed by atoms with E-state index in [2.05, 4.69) is 66.4 Å². The van der Waals surface area contributed by atoms with Crippen LogP contribution in [-0.4, -0.2) is 29.1 Å². The second-order valence-electron chi connectivity index (χ2n) is 9.89. The molecule has 0 amide bonds. The van der Waals surface area contributed by atoms with Gasteiger partial charge < -0.3 is 9.80 Å². The van der Waals surface area contributed by atoms with Crippen LogP contribution in [0.4, 0.5) is 0 Å². The highest BCUT2D eigenvalue weighted by atomic mass is 15.4. The van der Waals surface area contributed by atoms with Gasteiger partial charge in [-0.05, 0) is 18.4 Å². The fourth-order valence-electron chi connectivity index (χ4n) is 4.92. The van der Waals surface area contributed by atoms with Crippen molar-refractivity contribution in [1.29, 1.82) is 0 Å². The van der Waals surface area contributed by atoms with Crippen molar-refractivity contribution < 1.29 is 0 Å². The molecule has 1 aromatic carbocycles. The molecule has 0 radical (unpaired) electrons. The Kier molecular flexibility index (Phi) is 15.1. The predicted octanol–water partition coefficient (Wildman–Crippen LogP) is 8.93. The molecule has 32 heavy (non-hydrogen) atoms. The molecule has 2 rings (SSSR count). The smallest absolute Gasteiger partial charge is 0.105 e. The van der Waals surface area contributed by atoms with E-state index in [1.54, 1.807) is 0 Å². The molecular weight excluding hydrogens is 388 g/mol. The van der Waals surface area contributed by atoms with E-state index in [0.29, 0.717) is 6.17 Å². The van der Waals surface area contributed by atoms with Gasteiger partial charge in [-0.3, -0.25) is 0 Å². The summed E-state index contributed by atoms with van der Waals surface area (Å²) in [5, 5.41) is 0. The predicted molar refractivity (Wildman–Crippen MR) is 142 cm³/mol. The van der Waals surface area contributed by atoms with E-state index >= 15 is 0 Å². The number of unbranched alkanes of at least 4 members (excludes halogenated alkanes) is 14. The first-order chi connectivity index (χ1) is 15.8. The van der Waals surface area contributed by atoms with Crippen LogP contribution < -0.4 is 0 Å². The van der Waals surface area contributed by atoms with Crippen molar-refractivity contribution in [2.45, 2.75) is 129 Å². The standard InChI is InChI=1S/C30H52N2/c1-3-5-7-9-11-12-13-14-16-21-25-32-27-26-31(24-20-15-10-8-6-4-2)30(32)28-29-22-18-17-19-23-29/h17-19,22-23,26-27,30H,3-16,20-21,24-25,28H2,1-2H3. The number of benzene rings is 1. The molecule has 2 nitrogen and oxygen atoms in total. The van der Waals surface area contributed by atoms with Crippen LogP contribution in [0.25, 0.3) is 0 Å². The average molecular weight is 441 g/mol. The SMILES string of the molecule is CCCCCCCCCCCCN1C=CN(CCCCCCCC)C1Cc1ccccc1. The lowest BCUT2D eigenvalue weighted by atomic mass is 10.1. The van der Waals surface area contributed by atoms with E-state index in [1.165, 1.54) is 121 Å². The minimum atomic E-state index is 0.506. The summed E-state index contributed by atoms with van der Waals surface area (Å²) in [6.45, 7) is 7.01. The molecule has 1 aliphatic heterocycles. The van der Waals surface area contributed by atoms with Crippen molar-refractivity contribution in [3.63, 3.8) is 0 Å². The van der Waals surface area contributed by atoms with Crippen LogP contribution in [-0.2, 0) is 6.42 Å². The maximum Gasteiger partial charge on any atom is 0.105 e. The number of nitrogens with zero attached hydrogens (tertiary/aromatic N) is 2. The lowest BCUT2D eigenvalue weighted by Crippen LogP contribution is -2.41. The van der Waals surface area contributed by atoms with Gasteiger partial charge >= 0.3 is 0 Å². The first kappa shape index (κ1) is 26.8. The fourth-order valence-corrected chi connectivity index (χ4v) is 4.92. The van der Waals surface area contributed by atoms with Crippen molar-refractivity contribution in [1.82, 2.24) is 9.80 Å². The number of hydrogen-bond donors (Lipinski definition) is 0. The summed E-state index contributed by atoms with van der Waals surface area (Å²) in [6.07, 6.45) is 28.7. The quantitative estimate of drug-likeness (QED) is 0.187. The molecule has 1 aromatic rings. The Morgan fingerprint density at radius 2 is 0.938 bits per heavy atom. The van der Waals surface area contributed by atoms with Gasteiger partial charge in [0.1, 0.15) is 6.17 Å². The molecule has 1 unspecified atom stereocenters. The zero-order valence-electron chi connectivity index (χ0n) is 21.4. The first-order valence-corrected chi connectivity index (χ1v) is 14.1. The van der Waals surface area contributed by atoms with Gasteiger partial charge in [0, 0.05) is 31.9 Å². The molecule has 0 aliphatic carbocycles. The van der Waals surface area contributed by atoms with E-state index in [-0.39, 0.29) is 0 Å². The first-order valence-electron chi connectivity index (χ1n) is 14.1. The third kappa shape index (κ3) is 11.4. The molecule has 0 spiro atoms. The molecule has 1 heterocycles. The summed E-state index contributed by atoms with van der Waals surface area (Å²) >= 11 is 0. The lowest BCUT2D eigenvalue weighted by Gasteiger charge is -2.33. The number of rotatable bonds is 20. The molecule has 1 aliphatic rings. The van der Waals surface area contributed by atoms with Crippen LogP contribution in [0.3, 0.4) is 0 Å². The Bertz CT molecular complexity index is 567. The molecule has 0 saturated heterocycles. The van der Waals surface area contributed by atoms with E-state index in [9.17, 15) is 0 Å². The van der Waals surface area contributed by atoms with E-state index in [4.69, 9.17) is 0 Å². The second kappa shape index (κ2) is 18.0. The van der Waals surface area contributed by atoms with Gasteiger partial charge in [-0.1, -0.05) is 134 Å². The summed E-state index contributed by atoms with van der Waals surface area (Å²) in [7, 11) is 0. The highest BCUT2D eigenvalue weighted by molar-refractivity contribution is 5.17. The molecule has 0 fully saturated rings. The van der Waals surface area contributed by atoms with Gasteiger partial charge in [0.05, 0.1) is 0 Å². The van der Waals surface area contributed by atoms with Gasteiger partial charge in [0.25, 0.3) is 0 Å². The summed E-state index contributed by atoms with van der Waals surface area (Å²) < 4.78 is 0. The Labute approximate surface area is 200 Å². The molecule has 0 N–H and O–H groups in total. The van der Waals surface area contributed by atoms with Crippen LogP contribution in [0.1, 0.15) is 122 Å². The maximum atomic E-state index is 2.62. The van der Waals surface area contributed by atoms with Crippen molar-refractivity contribution >= 4 is 0 Å². The Morgan fingerprint density at radius 1 is 0.531 bits per heavy atom. The minimum absolute atomic E-state index is 0.506. The van der Waals surface area contributed by atoms with E-state index in [0.717, 1.165) is 6.42 Å². The lowest BCUT2D eigenvalue weighted by molar-refractivity contribution is 0.148. The van der Waals surface area contributed by atoms with Crippen LogP contribution in [0.15, 0.2) is 42.7 Å². The van der Waals surface area contributed by atoms with Crippen molar-refractivity contribution in [3.05, 3.63) is 48.3 Å². The van der Waals surface area contributed by atoms with E-state index < -0.39 is 0 Å². The molecule has 182 valence electrons. The average Bonchev–Trinajstić information content (AvgIpc) is 3.19. The van der Waals surface area contributed by atoms with Crippen LogP contribution in [0.2, 0.25) is 0 Å². The third-order valence-corrected chi connectivity index (χ3v) is 7.02. The van der Waals surface area contributed by atoms with Crippen LogP contribution in [0.5, 0.6) is 0 Å². The van der Waals surface area contributed by atoms with Gasteiger partial charge in [-0.2, -0.15) is 0 Å². The molecule has 2 heteroatoms. The van der Waals surface area contributed by atoms with Gasteiger partial charge in [0.15, 0.2) is 0 Å². The summed E-state index contributed by atoms with van der Waals surface area (Å²) in [4.78, 5) is 5.23. The fraction of sp³-hybridized carbons (Fsp3) is 0.733. The summed E-state index contributed by atoms with van der Waals surface area (Å²) in [6, 6.07) is 11.1. The molecule has 0 bridgehead atoms. The molecule has 0 saturated carbocycles. The number of hydrogen-bond acceptors (Lipinski definition) is 2. The normalized spacial score (nSPS) is 15.8. The van der Waals surface area contributed by atoms with Crippen molar-refractivity contribution in [2.75, 3.05) is 13.1 Å². The Balaban J connectivity index is 1.68. The molecular formula is C30H52N2. The minimum Gasteiger partial charge on any atom is -0.356 e. The van der Waals surface area contributed by atoms with Crippen molar-refractivity contribution in [3.8, 4) is 0 Å². The Hall–Kier alpha value is -1.44. The van der Waals surface area contributed by atoms with Gasteiger partial charge in [-0.15, -0.1) is 0 Å². The van der Waals surface area contributed by atoms with Crippen LogP contribution in [0, 0.1) is 0 Å². The summed E-state index contributed by atoms with van der Waals surface area (Å²) in [5.41, 5.74) is 1.46. The van der Waals surface area contributed by atoms with Crippen LogP contribution >= 0.6 is 0 Å². The zero-order valence-corrected chi connectivity index (χ0v) is 21.4. The maximum absolute atomic E-state index is 2.62. The van der Waals surface area contributed by atoms with Gasteiger partial charge in [0.2, 0.25) is 0 Å². The molecule has 1 atom stereocenters. The Morgan fingerprint density at radius 3 is 1.38 bits per heavy atom. The third-order valence-electron chi connectivity index (χ3n) is 7.02. The van der Waals surface area contributed by atoms with Gasteiger partial charge in [-0.25, -0.2) is 0 Å². The van der Waals surface area contributed by atoms with E-state index in [1.807, 2.05) is 0 Å². The topological polar surface area (TPSA) is 6.48 Å². The largest absolute Gasteiger partial charge is 0.356 e.